The number of hydrogen-bond acceptors (Lipinski definition) is 2. The van der Waals surface area contributed by atoms with Crippen LogP contribution in [-0.2, 0) is 0 Å². The Labute approximate surface area is 114 Å². The van der Waals surface area contributed by atoms with E-state index in [-0.39, 0.29) is 23.6 Å². The fourth-order valence-corrected chi connectivity index (χ4v) is 2.53. The Bertz CT molecular complexity index is 445. The Balaban J connectivity index is 1.99. The van der Waals surface area contributed by atoms with E-state index in [4.69, 9.17) is 5.73 Å². The van der Waals surface area contributed by atoms with Gasteiger partial charge in [0.05, 0.1) is 5.56 Å². The highest BCUT2D eigenvalue weighted by Crippen LogP contribution is 2.19. The first-order valence-electron chi connectivity index (χ1n) is 6.08. The third-order valence-electron chi connectivity index (χ3n) is 3.28. The van der Waals surface area contributed by atoms with Crippen LogP contribution in [0.5, 0.6) is 0 Å². The summed E-state index contributed by atoms with van der Waals surface area (Å²) in [6, 6.07) is 4.80. The van der Waals surface area contributed by atoms with Crippen molar-refractivity contribution in [2.45, 2.75) is 37.8 Å². The van der Waals surface area contributed by atoms with Gasteiger partial charge in [-0.25, -0.2) is 4.39 Å². The Kier molecular flexibility index (Phi) is 4.35. The highest BCUT2D eigenvalue weighted by molar-refractivity contribution is 9.10. The maximum Gasteiger partial charge on any atom is 0.254 e. The molecule has 1 amide bonds. The molecule has 98 valence electrons. The smallest absolute Gasteiger partial charge is 0.254 e. The Morgan fingerprint density at radius 2 is 2.00 bits per heavy atom. The van der Waals surface area contributed by atoms with E-state index in [0.717, 1.165) is 25.7 Å². The lowest BCUT2D eigenvalue weighted by atomic mass is 9.91. The van der Waals surface area contributed by atoms with Crippen molar-refractivity contribution in [2.75, 3.05) is 0 Å². The summed E-state index contributed by atoms with van der Waals surface area (Å²) in [4.78, 5) is 11.9. The van der Waals surface area contributed by atoms with Crippen LogP contribution in [0.15, 0.2) is 22.7 Å². The molecule has 1 aliphatic rings. The van der Waals surface area contributed by atoms with Crippen molar-refractivity contribution >= 4 is 21.8 Å². The number of carbonyl (C=O) groups is 1. The number of hydrogen-bond donors (Lipinski definition) is 2. The van der Waals surface area contributed by atoms with Crippen LogP contribution in [0.4, 0.5) is 4.39 Å². The molecule has 3 nitrogen and oxygen atoms in total. The third kappa shape index (κ3) is 3.29. The minimum absolute atomic E-state index is 0.0908. The highest BCUT2D eigenvalue weighted by atomic mass is 79.9. The molecule has 0 heterocycles. The molecule has 0 aliphatic heterocycles. The Hall–Kier alpha value is -0.940. The largest absolute Gasteiger partial charge is 0.349 e. The zero-order valence-electron chi connectivity index (χ0n) is 9.96. The molecule has 1 aromatic carbocycles. The molecule has 1 aromatic rings. The molecule has 1 fully saturated rings. The Morgan fingerprint density at radius 3 is 2.61 bits per heavy atom. The number of halogens is 2. The van der Waals surface area contributed by atoms with Gasteiger partial charge in [-0.1, -0.05) is 15.9 Å². The van der Waals surface area contributed by atoms with Crippen LogP contribution in [0.2, 0.25) is 0 Å². The van der Waals surface area contributed by atoms with Gasteiger partial charge in [0, 0.05) is 16.6 Å². The summed E-state index contributed by atoms with van der Waals surface area (Å²) < 4.78 is 14.2. The number of amides is 1. The first kappa shape index (κ1) is 13.5. The molecule has 0 bridgehead atoms. The van der Waals surface area contributed by atoms with Crippen molar-refractivity contribution in [2.24, 2.45) is 5.73 Å². The van der Waals surface area contributed by atoms with E-state index >= 15 is 0 Å². The van der Waals surface area contributed by atoms with E-state index in [0.29, 0.717) is 4.47 Å². The lowest BCUT2D eigenvalue weighted by molar-refractivity contribution is 0.0922. The molecular weight excluding hydrogens is 299 g/mol. The second-order valence-corrected chi connectivity index (χ2v) is 5.63. The predicted octanol–water partition coefficient (Wildman–Crippen LogP) is 2.59. The molecule has 18 heavy (non-hydrogen) atoms. The number of carbonyl (C=O) groups excluding carboxylic acids is 1. The molecule has 5 heteroatoms. The van der Waals surface area contributed by atoms with Gasteiger partial charge in [-0.3, -0.25) is 4.79 Å². The monoisotopic (exact) mass is 314 g/mol. The van der Waals surface area contributed by atoms with Gasteiger partial charge in [-0.05, 0) is 43.9 Å². The highest BCUT2D eigenvalue weighted by Gasteiger charge is 2.21. The molecule has 1 saturated carbocycles. The van der Waals surface area contributed by atoms with Gasteiger partial charge in [0.2, 0.25) is 0 Å². The van der Waals surface area contributed by atoms with E-state index < -0.39 is 5.82 Å². The lowest BCUT2D eigenvalue weighted by Crippen LogP contribution is -2.40. The van der Waals surface area contributed by atoms with Crippen molar-refractivity contribution in [3.63, 3.8) is 0 Å². The molecular formula is C13H16BrFN2O. The minimum Gasteiger partial charge on any atom is -0.349 e. The normalized spacial score (nSPS) is 23.7. The molecule has 0 saturated heterocycles. The SMILES string of the molecule is NC1CCC(NC(=O)c2ccc(Br)cc2F)CC1. The van der Waals surface area contributed by atoms with Gasteiger partial charge in [0.1, 0.15) is 5.82 Å². The number of rotatable bonds is 2. The fourth-order valence-electron chi connectivity index (χ4n) is 2.20. The van der Waals surface area contributed by atoms with Crippen molar-refractivity contribution in [3.8, 4) is 0 Å². The third-order valence-corrected chi connectivity index (χ3v) is 3.78. The maximum absolute atomic E-state index is 13.6. The molecule has 2 rings (SSSR count). The van der Waals surface area contributed by atoms with E-state index in [1.54, 1.807) is 6.07 Å². The molecule has 0 unspecified atom stereocenters. The second-order valence-electron chi connectivity index (χ2n) is 4.71. The molecule has 0 aromatic heterocycles. The summed E-state index contributed by atoms with van der Waals surface area (Å²) in [6.45, 7) is 0. The zero-order chi connectivity index (χ0) is 13.1. The fraction of sp³-hybridized carbons (Fsp3) is 0.462. The van der Waals surface area contributed by atoms with Gasteiger partial charge < -0.3 is 11.1 Å². The predicted molar refractivity (Wildman–Crippen MR) is 71.8 cm³/mol. The van der Waals surface area contributed by atoms with Gasteiger partial charge in [0.15, 0.2) is 0 Å². The van der Waals surface area contributed by atoms with Crippen LogP contribution < -0.4 is 11.1 Å². The van der Waals surface area contributed by atoms with Crippen LogP contribution >= 0.6 is 15.9 Å². The summed E-state index contributed by atoms with van der Waals surface area (Å²) in [7, 11) is 0. The van der Waals surface area contributed by atoms with Crippen molar-refractivity contribution in [1.29, 1.82) is 0 Å². The molecule has 3 N–H and O–H groups in total. The van der Waals surface area contributed by atoms with Gasteiger partial charge in [-0.15, -0.1) is 0 Å². The van der Waals surface area contributed by atoms with E-state index in [9.17, 15) is 9.18 Å². The average Bonchev–Trinajstić information content (AvgIpc) is 2.32. The van der Waals surface area contributed by atoms with E-state index in [1.807, 2.05) is 0 Å². The quantitative estimate of drug-likeness (QED) is 0.881. The summed E-state index contributed by atoms with van der Waals surface area (Å²) in [5.74, 6) is -0.852. The van der Waals surface area contributed by atoms with Crippen molar-refractivity contribution < 1.29 is 9.18 Å². The maximum atomic E-state index is 13.6. The molecule has 0 spiro atoms. The summed E-state index contributed by atoms with van der Waals surface area (Å²) in [5.41, 5.74) is 5.89. The first-order valence-corrected chi connectivity index (χ1v) is 6.87. The Morgan fingerprint density at radius 1 is 1.33 bits per heavy atom. The molecule has 0 atom stereocenters. The van der Waals surface area contributed by atoms with E-state index in [2.05, 4.69) is 21.2 Å². The topological polar surface area (TPSA) is 55.1 Å². The summed E-state index contributed by atoms with van der Waals surface area (Å²) in [5, 5.41) is 2.87. The van der Waals surface area contributed by atoms with Crippen molar-refractivity contribution in [1.82, 2.24) is 5.32 Å². The number of nitrogens with two attached hydrogens (primary N) is 1. The first-order chi connectivity index (χ1) is 8.56. The molecule has 0 radical (unpaired) electrons. The van der Waals surface area contributed by atoms with Crippen LogP contribution in [0, 0.1) is 5.82 Å². The minimum atomic E-state index is -0.505. The van der Waals surface area contributed by atoms with Crippen molar-refractivity contribution in [3.05, 3.63) is 34.1 Å². The van der Waals surface area contributed by atoms with Gasteiger partial charge in [0.25, 0.3) is 5.91 Å². The van der Waals surface area contributed by atoms with Crippen LogP contribution in [0.1, 0.15) is 36.0 Å². The lowest BCUT2D eigenvalue weighted by Gasteiger charge is -2.26. The summed E-state index contributed by atoms with van der Waals surface area (Å²) in [6.07, 6.45) is 3.55. The van der Waals surface area contributed by atoms with Crippen LogP contribution in [-0.4, -0.2) is 18.0 Å². The number of nitrogens with one attached hydrogen (secondary N) is 1. The zero-order valence-corrected chi connectivity index (χ0v) is 11.5. The van der Waals surface area contributed by atoms with E-state index in [1.165, 1.54) is 12.1 Å². The average molecular weight is 315 g/mol. The second kappa shape index (κ2) is 5.80. The molecule has 1 aliphatic carbocycles. The van der Waals surface area contributed by atoms with Crippen LogP contribution in [0.3, 0.4) is 0 Å². The standard InChI is InChI=1S/C13H16BrFN2O/c14-8-1-6-11(12(15)7-8)13(18)17-10-4-2-9(16)3-5-10/h1,6-7,9-10H,2-5,16H2,(H,17,18). The summed E-state index contributed by atoms with van der Waals surface area (Å²) >= 11 is 3.16. The van der Waals surface area contributed by atoms with Crippen LogP contribution in [0.25, 0.3) is 0 Å². The van der Waals surface area contributed by atoms with Gasteiger partial charge in [-0.2, -0.15) is 0 Å². The number of benzene rings is 1. The van der Waals surface area contributed by atoms with Gasteiger partial charge >= 0.3 is 0 Å².